The number of hydrogen-bond donors (Lipinski definition) is 0. The SMILES string of the molecule is CCOC(=O)Cn1cc(-c2cccc(Br)n2)nn1. The first kappa shape index (κ1) is 12.7. The van der Waals surface area contributed by atoms with Crippen LogP contribution in [0.25, 0.3) is 11.4 Å². The van der Waals surface area contributed by atoms with E-state index in [0.29, 0.717) is 18.0 Å². The Labute approximate surface area is 112 Å². The third-order valence-electron chi connectivity index (χ3n) is 2.11. The predicted octanol–water partition coefficient (Wildman–Crippen LogP) is 1.67. The maximum atomic E-state index is 11.3. The molecule has 94 valence electrons. The largest absolute Gasteiger partial charge is 0.465 e. The van der Waals surface area contributed by atoms with E-state index in [1.165, 1.54) is 4.68 Å². The molecule has 0 aliphatic carbocycles. The maximum Gasteiger partial charge on any atom is 0.327 e. The molecule has 18 heavy (non-hydrogen) atoms. The van der Waals surface area contributed by atoms with E-state index in [9.17, 15) is 4.79 Å². The van der Waals surface area contributed by atoms with E-state index in [-0.39, 0.29) is 12.5 Å². The van der Waals surface area contributed by atoms with Gasteiger partial charge in [0.25, 0.3) is 0 Å². The van der Waals surface area contributed by atoms with Gasteiger partial charge in [-0.05, 0) is 35.0 Å². The molecule has 0 atom stereocenters. The Morgan fingerprint density at radius 3 is 3.00 bits per heavy atom. The molecule has 0 aliphatic rings. The van der Waals surface area contributed by atoms with Gasteiger partial charge in [-0.3, -0.25) is 4.79 Å². The summed E-state index contributed by atoms with van der Waals surface area (Å²) in [5.41, 5.74) is 1.31. The summed E-state index contributed by atoms with van der Waals surface area (Å²) in [6.45, 7) is 2.17. The molecule has 2 heterocycles. The van der Waals surface area contributed by atoms with Crippen LogP contribution in [0, 0.1) is 0 Å². The van der Waals surface area contributed by atoms with E-state index in [1.807, 2.05) is 18.2 Å². The van der Waals surface area contributed by atoms with Crippen molar-refractivity contribution in [3.63, 3.8) is 0 Å². The van der Waals surface area contributed by atoms with Crippen molar-refractivity contribution in [1.82, 2.24) is 20.0 Å². The number of esters is 1. The molecule has 0 radical (unpaired) electrons. The van der Waals surface area contributed by atoms with E-state index in [2.05, 4.69) is 31.2 Å². The Morgan fingerprint density at radius 1 is 1.44 bits per heavy atom. The molecule has 0 spiro atoms. The molecule has 0 fully saturated rings. The van der Waals surface area contributed by atoms with E-state index >= 15 is 0 Å². The second-order valence-corrected chi connectivity index (χ2v) is 4.26. The van der Waals surface area contributed by atoms with Crippen molar-refractivity contribution < 1.29 is 9.53 Å². The number of aromatic nitrogens is 4. The smallest absolute Gasteiger partial charge is 0.327 e. The number of ether oxygens (including phenoxy) is 1. The summed E-state index contributed by atoms with van der Waals surface area (Å²) in [4.78, 5) is 15.5. The minimum atomic E-state index is -0.337. The lowest BCUT2D eigenvalue weighted by atomic mass is 10.3. The quantitative estimate of drug-likeness (QED) is 0.634. The Kier molecular flexibility index (Phi) is 4.03. The van der Waals surface area contributed by atoms with Crippen molar-refractivity contribution in [2.24, 2.45) is 0 Å². The summed E-state index contributed by atoms with van der Waals surface area (Å²) in [5, 5.41) is 7.82. The number of halogens is 1. The summed E-state index contributed by atoms with van der Waals surface area (Å²) in [7, 11) is 0. The lowest BCUT2D eigenvalue weighted by Crippen LogP contribution is -2.13. The van der Waals surface area contributed by atoms with E-state index in [4.69, 9.17) is 4.74 Å². The molecule has 0 bridgehead atoms. The maximum absolute atomic E-state index is 11.3. The minimum absolute atomic E-state index is 0.0504. The number of nitrogens with zero attached hydrogens (tertiary/aromatic N) is 4. The van der Waals surface area contributed by atoms with Crippen molar-refractivity contribution in [3.05, 3.63) is 29.0 Å². The van der Waals surface area contributed by atoms with Crippen LogP contribution in [-0.4, -0.2) is 32.6 Å². The topological polar surface area (TPSA) is 69.9 Å². The van der Waals surface area contributed by atoms with Crippen LogP contribution in [0.2, 0.25) is 0 Å². The number of hydrogen-bond acceptors (Lipinski definition) is 5. The lowest BCUT2D eigenvalue weighted by Gasteiger charge is -1.99. The van der Waals surface area contributed by atoms with Crippen LogP contribution in [0.4, 0.5) is 0 Å². The van der Waals surface area contributed by atoms with Gasteiger partial charge in [0, 0.05) is 0 Å². The Bertz CT molecular complexity index is 555. The van der Waals surface area contributed by atoms with Crippen LogP contribution in [0.5, 0.6) is 0 Å². The van der Waals surface area contributed by atoms with Gasteiger partial charge in [-0.2, -0.15) is 0 Å². The van der Waals surface area contributed by atoms with Crippen LogP contribution in [0.3, 0.4) is 0 Å². The van der Waals surface area contributed by atoms with Gasteiger partial charge in [0.15, 0.2) is 0 Å². The highest BCUT2D eigenvalue weighted by atomic mass is 79.9. The third-order valence-corrected chi connectivity index (χ3v) is 2.55. The van der Waals surface area contributed by atoms with Gasteiger partial charge in [0.05, 0.1) is 18.5 Å². The van der Waals surface area contributed by atoms with Gasteiger partial charge >= 0.3 is 5.97 Å². The highest BCUT2D eigenvalue weighted by Gasteiger charge is 2.08. The fourth-order valence-corrected chi connectivity index (χ4v) is 1.73. The highest BCUT2D eigenvalue weighted by Crippen LogP contribution is 2.16. The molecule has 0 saturated heterocycles. The first-order chi connectivity index (χ1) is 8.69. The molecule has 0 aromatic carbocycles. The summed E-state index contributed by atoms with van der Waals surface area (Å²) in [6, 6.07) is 5.51. The Balaban J connectivity index is 2.13. The van der Waals surface area contributed by atoms with Crippen LogP contribution in [0.1, 0.15) is 6.92 Å². The first-order valence-electron chi connectivity index (χ1n) is 5.37. The average Bonchev–Trinajstić information content (AvgIpc) is 2.78. The fourth-order valence-electron chi connectivity index (χ4n) is 1.38. The van der Waals surface area contributed by atoms with Crippen LogP contribution in [0.15, 0.2) is 29.0 Å². The summed E-state index contributed by atoms with van der Waals surface area (Å²) < 4.78 is 6.98. The fraction of sp³-hybridized carbons (Fsp3) is 0.273. The molecule has 2 aromatic rings. The molecule has 2 aromatic heterocycles. The van der Waals surface area contributed by atoms with Crippen LogP contribution in [-0.2, 0) is 16.1 Å². The van der Waals surface area contributed by atoms with Gasteiger partial charge in [0.1, 0.15) is 16.8 Å². The predicted molar refractivity (Wildman–Crippen MR) is 67.6 cm³/mol. The van der Waals surface area contributed by atoms with Gasteiger partial charge in [-0.25, -0.2) is 9.67 Å². The molecule has 0 unspecified atom stereocenters. The van der Waals surface area contributed by atoms with E-state index < -0.39 is 0 Å². The average molecular weight is 311 g/mol. The molecule has 0 aliphatic heterocycles. The number of rotatable bonds is 4. The molecular weight excluding hydrogens is 300 g/mol. The van der Waals surface area contributed by atoms with Gasteiger partial charge in [0.2, 0.25) is 0 Å². The zero-order valence-electron chi connectivity index (χ0n) is 9.71. The first-order valence-corrected chi connectivity index (χ1v) is 6.17. The van der Waals surface area contributed by atoms with Gasteiger partial charge in [-0.1, -0.05) is 11.3 Å². The summed E-state index contributed by atoms with van der Waals surface area (Å²) in [6.07, 6.45) is 1.66. The van der Waals surface area contributed by atoms with Crippen LogP contribution < -0.4 is 0 Å². The monoisotopic (exact) mass is 310 g/mol. The van der Waals surface area contributed by atoms with Gasteiger partial charge in [-0.15, -0.1) is 5.10 Å². The number of carbonyl (C=O) groups excluding carboxylic acids is 1. The molecule has 6 nitrogen and oxygen atoms in total. The summed E-state index contributed by atoms with van der Waals surface area (Å²) >= 11 is 3.29. The Morgan fingerprint density at radius 2 is 2.28 bits per heavy atom. The third kappa shape index (κ3) is 3.13. The minimum Gasteiger partial charge on any atom is -0.465 e. The molecule has 0 amide bonds. The van der Waals surface area contributed by atoms with Crippen LogP contribution >= 0.6 is 15.9 Å². The Hall–Kier alpha value is -1.76. The van der Waals surface area contributed by atoms with Gasteiger partial charge < -0.3 is 4.74 Å². The molecule has 7 heteroatoms. The molecular formula is C11H11BrN4O2. The second-order valence-electron chi connectivity index (χ2n) is 3.45. The van der Waals surface area contributed by atoms with Crippen molar-refractivity contribution in [3.8, 4) is 11.4 Å². The standard InChI is InChI=1S/C11H11BrN4O2/c1-2-18-11(17)7-16-6-9(14-15-16)8-4-3-5-10(12)13-8/h3-6H,2,7H2,1H3. The highest BCUT2D eigenvalue weighted by molar-refractivity contribution is 9.10. The number of pyridine rings is 1. The van der Waals surface area contributed by atoms with Crippen molar-refractivity contribution in [2.45, 2.75) is 13.5 Å². The zero-order chi connectivity index (χ0) is 13.0. The second kappa shape index (κ2) is 5.72. The summed E-state index contributed by atoms with van der Waals surface area (Å²) in [5.74, 6) is -0.337. The van der Waals surface area contributed by atoms with E-state index in [1.54, 1.807) is 13.1 Å². The lowest BCUT2D eigenvalue weighted by molar-refractivity contribution is -0.144. The zero-order valence-corrected chi connectivity index (χ0v) is 11.3. The molecule has 0 saturated carbocycles. The van der Waals surface area contributed by atoms with Crippen molar-refractivity contribution in [1.29, 1.82) is 0 Å². The molecule has 2 rings (SSSR count). The van der Waals surface area contributed by atoms with Crippen molar-refractivity contribution >= 4 is 21.9 Å². The van der Waals surface area contributed by atoms with E-state index in [0.717, 1.165) is 4.60 Å². The number of carbonyl (C=O) groups is 1. The molecule has 0 N–H and O–H groups in total. The van der Waals surface area contributed by atoms with Crippen molar-refractivity contribution in [2.75, 3.05) is 6.61 Å². The normalized spacial score (nSPS) is 10.3.